The highest BCUT2D eigenvalue weighted by Crippen LogP contribution is 2.31. The lowest BCUT2D eigenvalue weighted by atomic mass is 10.2. The average Bonchev–Trinajstić information content (AvgIpc) is 3.30. The Morgan fingerprint density at radius 1 is 1.17 bits per heavy atom. The lowest BCUT2D eigenvalue weighted by Crippen LogP contribution is -2.20. The second-order valence-corrected chi connectivity index (χ2v) is 10.4. The summed E-state index contributed by atoms with van der Waals surface area (Å²) in [5, 5.41) is 23.9. The van der Waals surface area contributed by atoms with Crippen LogP contribution in [0.15, 0.2) is 79.9 Å². The number of ether oxygens (including phenoxy) is 1. The lowest BCUT2D eigenvalue weighted by molar-refractivity contribution is -0.118. The van der Waals surface area contributed by atoms with Crippen molar-refractivity contribution >= 4 is 67.3 Å². The number of amides is 1. The van der Waals surface area contributed by atoms with Crippen molar-refractivity contribution in [2.45, 2.75) is 5.16 Å². The molecule has 0 spiro atoms. The zero-order valence-electron chi connectivity index (χ0n) is 18.7. The van der Waals surface area contributed by atoms with E-state index in [1.165, 1.54) is 18.0 Å². The topological polar surface area (TPSA) is 102 Å². The molecule has 0 aliphatic heterocycles. The molecule has 4 aromatic rings. The maximum absolute atomic E-state index is 12.4. The van der Waals surface area contributed by atoms with Crippen LogP contribution in [-0.4, -0.2) is 44.9 Å². The second kappa shape index (κ2) is 11.9. The maximum atomic E-state index is 12.4. The molecule has 0 unspecified atom stereocenters. The molecule has 1 amide bonds. The normalized spacial score (nSPS) is 11.1. The summed E-state index contributed by atoms with van der Waals surface area (Å²) in [6.07, 6.45) is 1.37. The molecule has 36 heavy (non-hydrogen) atoms. The largest absolute Gasteiger partial charge is 0.506 e. The van der Waals surface area contributed by atoms with Crippen LogP contribution < -0.4 is 10.2 Å². The molecule has 0 aliphatic rings. The van der Waals surface area contributed by atoms with Gasteiger partial charge in [0.05, 0.1) is 23.5 Å². The van der Waals surface area contributed by atoms with Gasteiger partial charge < -0.3 is 9.84 Å². The zero-order valence-corrected chi connectivity index (χ0v) is 23.4. The number of nitrogens with zero attached hydrogens (tertiary/aromatic N) is 4. The van der Waals surface area contributed by atoms with Crippen LogP contribution >= 0.6 is 55.2 Å². The molecule has 1 heterocycles. The quantitative estimate of drug-likeness (QED) is 0.136. The van der Waals surface area contributed by atoms with Crippen molar-refractivity contribution in [2.75, 3.05) is 12.9 Å². The first-order chi connectivity index (χ1) is 17.4. The Balaban J connectivity index is 1.52. The fourth-order valence-corrected chi connectivity index (χ4v) is 5.26. The monoisotopic (exact) mass is 649 g/mol. The second-order valence-electron chi connectivity index (χ2n) is 7.25. The standard InChI is InChI=1S/C24H18Br2ClN5O3S/c1-35-19-8-2-14(3-9-19)23-30-31-24(32(23)18-6-4-17(27)5-7-18)36-13-21(33)29-28-12-15-10-16(25)11-20(26)22(15)34/h2-12,34H,13H2,1H3,(H,29,33). The fraction of sp³-hybridized carbons (Fsp3) is 0.0833. The molecule has 0 bridgehead atoms. The summed E-state index contributed by atoms with van der Waals surface area (Å²) in [6.45, 7) is 0. The molecule has 0 saturated carbocycles. The molecule has 3 aromatic carbocycles. The first-order valence-electron chi connectivity index (χ1n) is 10.3. The van der Waals surface area contributed by atoms with Gasteiger partial charge in [0.1, 0.15) is 11.5 Å². The van der Waals surface area contributed by atoms with Crippen LogP contribution in [0.25, 0.3) is 17.1 Å². The molecule has 0 atom stereocenters. The van der Waals surface area contributed by atoms with Gasteiger partial charge in [-0.3, -0.25) is 9.36 Å². The highest BCUT2D eigenvalue weighted by Gasteiger charge is 2.17. The van der Waals surface area contributed by atoms with Gasteiger partial charge in [-0.2, -0.15) is 5.10 Å². The smallest absolute Gasteiger partial charge is 0.250 e. The van der Waals surface area contributed by atoms with Gasteiger partial charge >= 0.3 is 0 Å². The van der Waals surface area contributed by atoms with E-state index in [2.05, 4.69) is 52.6 Å². The number of phenolic OH excluding ortho intramolecular Hbond substituents is 1. The van der Waals surface area contributed by atoms with Crippen LogP contribution in [0.3, 0.4) is 0 Å². The maximum Gasteiger partial charge on any atom is 0.250 e. The molecule has 8 nitrogen and oxygen atoms in total. The Hall–Kier alpha value is -2.86. The molecule has 0 saturated heterocycles. The van der Waals surface area contributed by atoms with Gasteiger partial charge in [-0.25, -0.2) is 5.43 Å². The molecule has 2 N–H and O–H groups in total. The third kappa shape index (κ3) is 6.28. The van der Waals surface area contributed by atoms with Gasteiger partial charge in [-0.15, -0.1) is 10.2 Å². The van der Waals surface area contributed by atoms with E-state index in [4.69, 9.17) is 16.3 Å². The highest BCUT2D eigenvalue weighted by molar-refractivity contribution is 9.11. The SMILES string of the molecule is COc1ccc(-c2nnc(SCC(=O)NN=Cc3cc(Br)cc(Br)c3O)n2-c2ccc(Cl)cc2)cc1. The van der Waals surface area contributed by atoms with Gasteiger partial charge in [-0.1, -0.05) is 39.3 Å². The summed E-state index contributed by atoms with van der Waals surface area (Å²) in [5.41, 5.74) is 4.54. The summed E-state index contributed by atoms with van der Waals surface area (Å²) in [7, 11) is 1.61. The third-order valence-corrected chi connectivity index (χ3v) is 7.09. The Labute approximate surface area is 233 Å². The number of methoxy groups -OCH3 is 1. The Morgan fingerprint density at radius 3 is 2.58 bits per heavy atom. The molecule has 184 valence electrons. The fourth-order valence-electron chi connectivity index (χ4n) is 3.13. The molecular weight excluding hydrogens is 634 g/mol. The van der Waals surface area contributed by atoms with E-state index < -0.39 is 0 Å². The Bertz CT molecular complexity index is 1410. The van der Waals surface area contributed by atoms with Crippen molar-refractivity contribution in [3.8, 4) is 28.6 Å². The van der Waals surface area contributed by atoms with E-state index in [9.17, 15) is 9.90 Å². The predicted molar refractivity (Wildman–Crippen MR) is 148 cm³/mol. The number of hydrogen-bond acceptors (Lipinski definition) is 7. The van der Waals surface area contributed by atoms with E-state index in [1.807, 2.05) is 41.0 Å². The van der Waals surface area contributed by atoms with E-state index in [0.717, 1.165) is 21.5 Å². The van der Waals surface area contributed by atoms with Crippen molar-refractivity contribution < 1.29 is 14.6 Å². The number of aromatic hydroxyl groups is 1. The molecular formula is C24H18Br2ClN5O3S. The van der Waals surface area contributed by atoms with Gasteiger partial charge in [0.25, 0.3) is 5.91 Å². The minimum absolute atomic E-state index is 0.0210. The number of phenols is 1. The molecule has 1 aromatic heterocycles. The number of carbonyl (C=O) groups excluding carboxylic acids is 1. The average molecular weight is 652 g/mol. The van der Waals surface area contributed by atoms with Gasteiger partial charge in [0.2, 0.25) is 0 Å². The Kier molecular flexibility index (Phi) is 8.68. The van der Waals surface area contributed by atoms with Gasteiger partial charge in [0, 0.05) is 26.3 Å². The number of hydrogen-bond donors (Lipinski definition) is 2. The number of rotatable bonds is 8. The lowest BCUT2D eigenvalue weighted by Gasteiger charge is -2.11. The minimum Gasteiger partial charge on any atom is -0.506 e. The zero-order chi connectivity index (χ0) is 25.7. The number of benzene rings is 3. The number of halogens is 3. The minimum atomic E-state index is -0.346. The van der Waals surface area contributed by atoms with E-state index in [1.54, 1.807) is 31.4 Å². The van der Waals surface area contributed by atoms with Crippen LogP contribution in [0.5, 0.6) is 11.5 Å². The molecule has 0 fully saturated rings. The van der Waals surface area contributed by atoms with Crippen LogP contribution in [0, 0.1) is 0 Å². The highest BCUT2D eigenvalue weighted by atomic mass is 79.9. The summed E-state index contributed by atoms with van der Waals surface area (Å²) < 4.78 is 8.37. The van der Waals surface area contributed by atoms with Crippen LogP contribution in [0.2, 0.25) is 5.02 Å². The number of thioether (sulfide) groups is 1. The molecule has 0 aliphatic carbocycles. The summed E-state index contributed by atoms with van der Waals surface area (Å²) >= 11 is 13.9. The van der Waals surface area contributed by atoms with Crippen molar-refractivity contribution in [3.63, 3.8) is 0 Å². The third-order valence-electron chi connectivity index (χ3n) is 4.85. The van der Waals surface area contributed by atoms with Crippen LogP contribution in [-0.2, 0) is 4.79 Å². The first kappa shape index (κ1) is 26.2. The molecule has 0 radical (unpaired) electrons. The van der Waals surface area contributed by atoms with Crippen molar-refractivity contribution in [1.82, 2.24) is 20.2 Å². The van der Waals surface area contributed by atoms with Gasteiger partial charge in [-0.05, 0) is 76.6 Å². The van der Waals surface area contributed by atoms with Crippen molar-refractivity contribution in [3.05, 3.63) is 80.2 Å². The summed E-state index contributed by atoms with van der Waals surface area (Å²) in [5.74, 6) is 1.05. The summed E-state index contributed by atoms with van der Waals surface area (Å²) in [4.78, 5) is 12.4. The molecule has 4 rings (SSSR count). The van der Waals surface area contributed by atoms with Crippen LogP contribution in [0.4, 0.5) is 0 Å². The first-order valence-corrected chi connectivity index (χ1v) is 13.3. The van der Waals surface area contributed by atoms with E-state index in [0.29, 0.717) is 26.0 Å². The summed E-state index contributed by atoms with van der Waals surface area (Å²) in [6, 6.07) is 18.1. The number of nitrogens with one attached hydrogen (secondary N) is 1. The van der Waals surface area contributed by atoms with E-state index >= 15 is 0 Å². The molecule has 12 heteroatoms. The predicted octanol–water partition coefficient (Wildman–Crippen LogP) is 6.07. The van der Waals surface area contributed by atoms with Crippen molar-refractivity contribution in [1.29, 1.82) is 0 Å². The number of aromatic nitrogens is 3. The van der Waals surface area contributed by atoms with Gasteiger partial charge in [0.15, 0.2) is 11.0 Å². The number of hydrazone groups is 1. The number of carbonyl (C=O) groups is 1. The van der Waals surface area contributed by atoms with Crippen molar-refractivity contribution in [2.24, 2.45) is 5.10 Å². The Morgan fingerprint density at radius 2 is 1.89 bits per heavy atom. The van der Waals surface area contributed by atoms with Crippen LogP contribution in [0.1, 0.15) is 5.56 Å². The van der Waals surface area contributed by atoms with E-state index in [-0.39, 0.29) is 17.4 Å².